The first kappa shape index (κ1) is 13.9. The van der Waals surface area contributed by atoms with Crippen LogP contribution in [0.15, 0.2) is 28.8 Å². The number of benzene rings is 1. The first-order valence-corrected chi connectivity index (χ1v) is 8.43. The van der Waals surface area contributed by atoms with E-state index in [0.717, 1.165) is 37.6 Å². The molecular weight excluding hydrogens is 274 g/mol. The summed E-state index contributed by atoms with van der Waals surface area (Å²) in [5, 5.41) is 3.93. The maximum Gasteiger partial charge on any atom is 0.229 e. The molecule has 1 saturated heterocycles. The van der Waals surface area contributed by atoms with Gasteiger partial charge in [0.15, 0.2) is 5.82 Å². The van der Waals surface area contributed by atoms with Crippen LogP contribution in [0, 0.1) is 6.92 Å². The fourth-order valence-corrected chi connectivity index (χ4v) is 4.04. The van der Waals surface area contributed by atoms with Gasteiger partial charge < -0.3 is 4.52 Å². The van der Waals surface area contributed by atoms with Gasteiger partial charge in [-0.2, -0.15) is 4.98 Å². The SMILES string of the molecule is Cc1noc(C2CCN([C@H]3CCCc4ccccc43)CC2)n1. The molecule has 0 spiro atoms. The summed E-state index contributed by atoms with van der Waals surface area (Å²) in [5.41, 5.74) is 3.11. The molecule has 1 fully saturated rings. The molecule has 116 valence electrons. The van der Waals surface area contributed by atoms with Gasteiger partial charge in [0.2, 0.25) is 5.89 Å². The Morgan fingerprint density at radius 1 is 1.14 bits per heavy atom. The van der Waals surface area contributed by atoms with Gasteiger partial charge in [-0.25, -0.2) is 0 Å². The van der Waals surface area contributed by atoms with E-state index in [0.29, 0.717) is 12.0 Å². The zero-order chi connectivity index (χ0) is 14.9. The van der Waals surface area contributed by atoms with Gasteiger partial charge in [-0.15, -0.1) is 0 Å². The predicted octanol–water partition coefficient (Wildman–Crippen LogP) is 3.64. The normalized spacial score (nSPS) is 23.4. The van der Waals surface area contributed by atoms with Crippen LogP contribution in [-0.2, 0) is 6.42 Å². The Hall–Kier alpha value is -1.68. The molecule has 2 aliphatic rings. The Kier molecular flexibility index (Phi) is 3.70. The molecule has 4 rings (SSSR count). The molecule has 1 atom stereocenters. The Labute approximate surface area is 131 Å². The van der Waals surface area contributed by atoms with Crippen LogP contribution in [0.5, 0.6) is 0 Å². The summed E-state index contributed by atoms with van der Waals surface area (Å²) in [6, 6.07) is 9.59. The predicted molar refractivity (Wildman–Crippen MR) is 84.7 cm³/mol. The van der Waals surface area contributed by atoms with Crippen LogP contribution in [0.25, 0.3) is 0 Å². The number of rotatable bonds is 2. The monoisotopic (exact) mass is 297 g/mol. The van der Waals surface area contributed by atoms with Crippen LogP contribution in [0.3, 0.4) is 0 Å². The summed E-state index contributed by atoms with van der Waals surface area (Å²) >= 11 is 0. The van der Waals surface area contributed by atoms with Crippen molar-refractivity contribution < 1.29 is 4.52 Å². The average Bonchev–Trinajstić information content (AvgIpc) is 3.01. The van der Waals surface area contributed by atoms with Gasteiger partial charge in [0, 0.05) is 12.0 Å². The van der Waals surface area contributed by atoms with E-state index in [9.17, 15) is 0 Å². The van der Waals surface area contributed by atoms with Crippen LogP contribution < -0.4 is 0 Å². The topological polar surface area (TPSA) is 42.2 Å². The molecule has 1 aliphatic carbocycles. The summed E-state index contributed by atoms with van der Waals surface area (Å²) in [6.07, 6.45) is 6.09. The molecule has 4 nitrogen and oxygen atoms in total. The second-order valence-corrected chi connectivity index (χ2v) is 6.60. The Morgan fingerprint density at radius 2 is 1.95 bits per heavy atom. The fraction of sp³-hybridized carbons (Fsp3) is 0.556. The molecule has 1 aromatic heterocycles. The van der Waals surface area contributed by atoms with Crippen molar-refractivity contribution in [2.24, 2.45) is 0 Å². The lowest BCUT2D eigenvalue weighted by Crippen LogP contribution is -2.37. The minimum atomic E-state index is 0.441. The van der Waals surface area contributed by atoms with E-state index < -0.39 is 0 Å². The second kappa shape index (κ2) is 5.84. The van der Waals surface area contributed by atoms with Crippen molar-refractivity contribution in [3.8, 4) is 0 Å². The number of likely N-dealkylation sites (tertiary alicyclic amines) is 1. The molecular formula is C18H23N3O. The lowest BCUT2D eigenvalue weighted by molar-refractivity contribution is 0.130. The molecule has 0 unspecified atom stereocenters. The second-order valence-electron chi connectivity index (χ2n) is 6.60. The van der Waals surface area contributed by atoms with Crippen molar-refractivity contribution in [3.05, 3.63) is 47.1 Å². The van der Waals surface area contributed by atoms with E-state index in [2.05, 4.69) is 39.3 Å². The van der Waals surface area contributed by atoms with Crippen molar-refractivity contribution in [2.45, 2.75) is 51.0 Å². The first-order chi connectivity index (χ1) is 10.8. The van der Waals surface area contributed by atoms with Crippen LogP contribution in [0.1, 0.15) is 60.5 Å². The highest BCUT2D eigenvalue weighted by atomic mass is 16.5. The number of hydrogen-bond acceptors (Lipinski definition) is 4. The quantitative estimate of drug-likeness (QED) is 0.849. The van der Waals surface area contributed by atoms with Crippen molar-refractivity contribution in [2.75, 3.05) is 13.1 Å². The summed E-state index contributed by atoms with van der Waals surface area (Å²) in [7, 11) is 0. The first-order valence-electron chi connectivity index (χ1n) is 8.43. The third-order valence-electron chi connectivity index (χ3n) is 5.20. The van der Waals surface area contributed by atoms with Gasteiger partial charge in [-0.1, -0.05) is 29.4 Å². The molecule has 0 saturated carbocycles. The van der Waals surface area contributed by atoms with E-state index in [1.165, 1.54) is 19.3 Å². The Balaban J connectivity index is 1.46. The molecule has 0 radical (unpaired) electrons. The smallest absolute Gasteiger partial charge is 0.229 e. The van der Waals surface area contributed by atoms with Crippen molar-refractivity contribution in [1.82, 2.24) is 15.0 Å². The third-order valence-corrected chi connectivity index (χ3v) is 5.20. The van der Waals surface area contributed by atoms with Crippen molar-refractivity contribution in [1.29, 1.82) is 0 Å². The summed E-state index contributed by atoms with van der Waals surface area (Å²) in [6.45, 7) is 4.15. The summed E-state index contributed by atoms with van der Waals surface area (Å²) < 4.78 is 5.36. The number of hydrogen-bond donors (Lipinski definition) is 0. The van der Waals surface area contributed by atoms with Gasteiger partial charge in [-0.05, 0) is 63.2 Å². The molecule has 4 heteroatoms. The van der Waals surface area contributed by atoms with E-state index >= 15 is 0 Å². The van der Waals surface area contributed by atoms with Crippen LogP contribution in [0.2, 0.25) is 0 Å². The lowest BCUT2D eigenvalue weighted by atomic mass is 9.85. The zero-order valence-electron chi connectivity index (χ0n) is 13.2. The standard InChI is InChI=1S/C18H23N3O/c1-13-19-18(22-20-13)15-9-11-21(12-10-15)17-8-4-6-14-5-2-3-7-16(14)17/h2-3,5,7,15,17H,4,6,8-12H2,1H3/t17-/m0/s1. The number of aromatic nitrogens is 2. The molecule has 0 N–H and O–H groups in total. The Bertz CT molecular complexity index is 643. The van der Waals surface area contributed by atoms with Gasteiger partial charge in [0.05, 0.1) is 0 Å². The molecule has 0 amide bonds. The van der Waals surface area contributed by atoms with E-state index in [1.807, 2.05) is 6.92 Å². The third kappa shape index (κ3) is 2.56. The highest BCUT2D eigenvalue weighted by Crippen LogP contribution is 2.37. The number of nitrogens with zero attached hydrogens (tertiary/aromatic N) is 3. The van der Waals surface area contributed by atoms with Crippen LogP contribution >= 0.6 is 0 Å². The maximum absolute atomic E-state index is 5.36. The zero-order valence-corrected chi connectivity index (χ0v) is 13.2. The lowest BCUT2D eigenvalue weighted by Gasteiger charge is -2.39. The van der Waals surface area contributed by atoms with E-state index in [-0.39, 0.29) is 0 Å². The average molecular weight is 297 g/mol. The number of aryl methyl sites for hydroxylation is 2. The molecule has 22 heavy (non-hydrogen) atoms. The highest BCUT2D eigenvalue weighted by molar-refractivity contribution is 5.32. The highest BCUT2D eigenvalue weighted by Gasteiger charge is 2.31. The van der Waals surface area contributed by atoms with Crippen molar-refractivity contribution in [3.63, 3.8) is 0 Å². The number of piperidine rings is 1. The minimum absolute atomic E-state index is 0.441. The summed E-state index contributed by atoms with van der Waals surface area (Å²) in [5.74, 6) is 2.02. The van der Waals surface area contributed by atoms with E-state index in [1.54, 1.807) is 11.1 Å². The van der Waals surface area contributed by atoms with Gasteiger partial charge in [0.25, 0.3) is 0 Å². The van der Waals surface area contributed by atoms with Crippen LogP contribution in [0.4, 0.5) is 0 Å². The Morgan fingerprint density at radius 3 is 2.73 bits per heavy atom. The molecule has 0 bridgehead atoms. The molecule has 1 aromatic carbocycles. The molecule has 2 aromatic rings. The fourth-order valence-electron chi connectivity index (χ4n) is 4.04. The molecule has 1 aliphatic heterocycles. The van der Waals surface area contributed by atoms with Gasteiger partial charge >= 0.3 is 0 Å². The summed E-state index contributed by atoms with van der Waals surface area (Å²) in [4.78, 5) is 7.08. The van der Waals surface area contributed by atoms with Gasteiger partial charge in [-0.3, -0.25) is 4.90 Å². The number of fused-ring (bicyclic) bond motifs is 1. The van der Waals surface area contributed by atoms with Crippen molar-refractivity contribution >= 4 is 0 Å². The maximum atomic E-state index is 5.36. The van der Waals surface area contributed by atoms with E-state index in [4.69, 9.17) is 4.52 Å². The largest absolute Gasteiger partial charge is 0.339 e. The minimum Gasteiger partial charge on any atom is -0.339 e. The van der Waals surface area contributed by atoms with Crippen LogP contribution in [-0.4, -0.2) is 28.1 Å². The van der Waals surface area contributed by atoms with Gasteiger partial charge in [0.1, 0.15) is 0 Å². The molecule has 2 heterocycles.